The fraction of sp³-hybridized carbons (Fsp3) is 0. The Morgan fingerprint density at radius 1 is 1.33 bits per heavy atom. The van der Waals surface area contributed by atoms with Crippen molar-refractivity contribution in [1.29, 1.82) is 0 Å². The van der Waals surface area contributed by atoms with E-state index in [1.807, 2.05) is 6.07 Å². The highest BCUT2D eigenvalue weighted by molar-refractivity contribution is 6.40. The maximum Gasteiger partial charge on any atom is 0.592 e. The highest BCUT2D eigenvalue weighted by atomic mass is 16.4. The van der Waals surface area contributed by atoms with Crippen LogP contribution in [0.2, 0.25) is 0 Å². The van der Waals surface area contributed by atoms with Crippen LogP contribution in [0.3, 0.4) is 0 Å². The number of pyridine rings is 1. The van der Waals surface area contributed by atoms with Crippen LogP contribution in [0, 0.1) is 0 Å². The lowest BCUT2D eigenvalue weighted by atomic mass is 10.1. The SMILES string of the molecule is OB(O)n1ccc2ccncc21. The van der Waals surface area contributed by atoms with Gasteiger partial charge in [0.05, 0.1) is 11.7 Å². The van der Waals surface area contributed by atoms with Gasteiger partial charge in [0.15, 0.2) is 0 Å². The van der Waals surface area contributed by atoms with Gasteiger partial charge in [-0.15, -0.1) is 0 Å². The summed E-state index contributed by atoms with van der Waals surface area (Å²) in [5.74, 6) is 0. The summed E-state index contributed by atoms with van der Waals surface area (Å²) in [5.41, 5.74) is 0.715. The van der Waals surface area contributed by atoms with Gasteiger partial charge < -0.3 is 14.5 Å². The van der Waals surface area contributed by atoms with Crippen molar-refractivity contribution in [2.45, 2.75) is 0 Å². The molecule has 0 atom stereocenters. The predicted octanol–water partition coefficient (Wildman–Crippen LogP) is -0.146. The van der Waals surface area contributed by atoms with Crippen molar-refractivity contribution in [3.8, 4) is 0 Å². The molecule has 2 aromatic rings. The summed E-state index contributed by atoms with van der Waals surface area (Å²) in [4.78, 5) is 3.89. The highest BCUT2D eigenvalue weighted by Gasteiger charge is 2.12. The third-order valence-corrected chi connectivity index (χ3v) is 1.77. The molecule has 2 rings (SSSR count). The first-order chi connectivity index (χ1) is 5.79. The Labute approximate surface area is 69.3 Å². The van der Waals surface area contributed by atoms with Crippen LogP contribution in [0.4, 0.5) is 0 Å². The smallest absolute Gasteiger partial charge is 0.407 e. The van der Waals surface area contributed by atoms with E-state index in [4.69, 9.17) is 10.0 Å². The molecule has 0 saturated heterocycles. The molecule has 0 aliphatic heterocycles. The Bertz CT molecular complexity index is 399. The molecule has 0 spiro atoms. The molecule has 12 heavy (non-hydrogen) atoms. The van der Waals surface area contributed by atoms with Crippen LogP contribution in [-0.2, 0) is 0 Å². The minimum absolute atomic E-state index is 0.715. The first kappa shape index (κ1) is 7.33. The summed E-state index contributed by atoms with van der Waals surface area (Å²) >= 11 is 0. The van der Waals surface area contributed by atoms with Gasteiger partial charge in [-0.1, -0.05) is 0 Å². The maximum atomic E-state index is 8.90. The van der Waals surface area contributed by atoms with E-state index in [0.717, 1.165) is 5.39 Å². The molecule has 0 aromatic carbocycles. The number of hydrogen-bond donors (Lipinski definition) is 2. The van der Waals surface area contributed by atoms with Crippen molar-refractivity contribution >= 4 is 18.2 Å². The molecule has 0 radical (unpaired) electrons. The zero-order valence-corrected chi connectivity index (χ0v) is 6.25. The van der Waals surface area contributed by atoms with Crippen molar-refractivity contribution < 1.29 is 10.0 Å². The van der Waals surface area contributed by atoms with Gasteiger partial charge in [0.1, 0.15) is 0 Å². The fourth-order valence-electron chi connectivity index (χ4n) is 1.20. The predicted molar refractivity (Wildman–Crippen MR) is 45.3 cm³/mol. The van der Waals surface area contributed by atoms with E-state index in [9.17, 15) is 0 Å². The second-order valence-electron chi connectivity index (χ2n) is 2.50. The topological polar surface area (TPSA) is 58.3 Å². The van der Waals surface area contributed by atoms with Crippen LogP contribution < -0.4 is 0 Å². The van der Waals surface area contributed by atoms with E-state index in [1.54, 1.807) is 24.7 Å². The van der Waals surface area contributed by atoms with Crippen LogP contribution >= 0.6 is 0 Å². The normalized spacial score (nSPS) is 10.5. The Balaban J connectivity index is 2.70. The Morgan fingerprint density at radius 2 is 2.17 bits per heavy atom. The van der Waals surface area contributed by atoms with Gasteiger partial charge in [0.2, 0.25) is 0 Å². The van der Waals surface area contributed by atoms with Crippen LogP contribution in [0.15, 0.2) is 30.7 Å². The van der Waals surface area contributed by atoms with Gasteiger partial charge in [-0.05, 0) is 18.3 Å². The van der Waals surface area contributed by atoms with Crippen molar-refractivity contribution in [3.05, 3.63) is 30.7 Å². The molecule has 0 fully saturated rings. The Morgan fingerprint density at radius 3 is 2.92 bits per heavy atom. The summed E-state index contributed by atoms with van der Waals surface area (Å²) in [6.07, 6.45) is 4.86. The van der Waals surface area contributed by atoms with Crippen LogP contribution in [0.5, 0.6) is 0 Å². The van der Waals surface area contributed by atoms with Crippen molar-refractivity contribution in [2.24, 2.45) is 0 Å². The van der Waals surface area contributed by atoms with E-state index in [-0.39, 0.29) is 0 Å². The molecule has 2 heterocycles. The van der Waals surface area contributed by atoms with E-state index in [1.165, 1.54) is 4.48 Å². The van der Waals surface area contributed by atoms with Crippen molar-refractivity contribution in [2.75, 3.05) is 0 Å². The molecule has 2 aromatic heterocycles. The second kappa shape index (κ2) is 2.62. The molecule has 0 aliphatic rings. The van der Waals surface area contributed by atoms with Gasteiger partial charge >= 0.3 is 7.25 Å². The zero-order chi connectivity index (χ0) is 8.55. The molecule has 2 N–H and O–H groups in total. The van der Waals surface area contributed by atoms with Crippen molar-refractivity contribution in [3.63, 3.8) is 0 Å². The van der Waals surface area contributed by atoms with Crippen LogP contribution in [0.1, 0.15) is 0 Å². The average Bonchev–Trinajstić information content (AvgIpc) is 2.47. The lowest BCUT2D eigenvalue weighted by molar-refractivity contribution is 0.394. The van der Waals surface area contributed by atoms with E-state index < -0.39 is 7.25 Å². The van der Waals surface area contributed by atoms with Crippen LogP contribution in [-0.4, -0.2) is 26.8 Å². The first-order valence-electron chi connectivity index (χ1n) is 3.56. The standard InChI is InChI=1S/C7H7BN2O2/c11-8(12)10-4-2-6-1-3-9-5-7(6)10/h1-5,11-12H. The summed E-state index contributed by atoms with van der Waals surface area (Å²) in [6.45, 7) is 0. The first-order valence-corrected chi connectivity index (χ1v) is 3.56. The third kappa shape index (κ3) is 0.994. The molecule has 4 nitrogen and oxygen atoms in total. The van der Waals surface area contributed by atoms with E-state index >= 15 is 0 Å². The quantitative estimate of drug-likeness (QED) is 0.573. The minimum Gasteiger partial charge on any atom is -0.407 e. The van der Waals surface area contributed by atoms with Gasteiger partial charge in [0, 0.05) is 11.6 Å². The molecule has 0 saturated carbocycles. The molecule has 0 bridgehead atoms. The average molecular weight is 162 g/mol. The molecule has 5 heteroatoms. The molecular formula is C7H7BN2O2. The maximum absolute atomic E-state index is 8.90. The van der Waals surface area contributed by atoms with E-state index in [0.29, 0.717) is 5.52 Å². The summed E-state index contributed by atoms with van der Waals surface area (Å²) in [5, 5.41) is 18.7. The largest absolute Gasteiger partial charge is 0.592 e. The molecule has 0 unspecified atom stereocenters. The monoisotopic (exact) mass is 162 g/mol. The molecular weight excluding hydrogens is 155 g/mol. The number of nitrogens with zero attached hydrogens (tertiary/aromatic N) is 2. The van der Waals surface area contributed by atoms with Gasteiger partial charge in [0.25, 0.3) is 0 Å². The minimum atomic E-state index is -1.49. The highest BCUT2D eigenvalue weighted by Crippen LogP contribution is 2.12. The Kier molecular flexibility index (Phi) is 1.60. The lowest BCUT2D eigenvalue weighted by Crippen LogP contribution is -2.22. The number of fused-ring (bicyclic) bond motifs is 1. The summed E-state index contributed by atoms with van der Waals surface area (Å²) in [7, 11) is -1.49. The third-order valence-electron chi connectivity index (χ3n) is 1.77. The van der Waals surface area contributed by atoms with Gasteiger partial charge in [-0.3, -0.25) is 4.98 Å². The molecule has 60 valence electrons. The number of aromatic nitrogens is 2. The fourth-order valence-corrected chi connectivity index (χ4v) is 1.20. The summed E-state index contributed by atoms with van der Waals surface area (Å²) in [6, 6.07) is 3.62. The lowest BCUT2D eigenvalue weighted by Gasteiger charge is -2.00. The summed E-state index contributed by atoms with van der Waals surface area (Å²) < 4.78 is 1.34. The van der Waals surface area contributed by atoms with Gasteiger partial charge in [-0.25, -0.2) is 0 Å². The molecule has 0 aliphatic carbocycles. The zero-order valence-electron chi connectivity index (χ0n) is 6.25. The second-order valence-corrected chi connectivity index (χ2v) is 2.50. The molecule has 0 amide bonds. The number of rotatable bonds is 1. The van der Waals surface area contributed by atoms with Gasteiger partial charge in [-0.2, -0.15) is 0 Å². The van der Waals surface area contributed by atoms with Crippen molar-refractivity contribution in [1.82, 2.24) is 9.46 Å². The van der Waals surface area contributed by atoms with E-state index in [2.05, 4.69) is 4.98 Å². The van der Waals surface area contributed by atoms with Crippen LogP contribution in [0.25, 0.3) is 10.9 Å². The number of hydrogen-bond acceptors (Lipinski definition) is 3. The Hall–Kier alpha value is -1.33.